The van der Waals surface area contributed by atoms with Crippen molar-refractivity contribution >= 4 is 49.4 Å². The first-order valence-corrected chi connectivity index (χ1v) is 9.22. The van der Waals surface area contributed by atoms with Gasteiger partial charge in [-0.25, -0.2) is 9.97 Å². The molecule has 0 fully saturated rings. The first-order valence-electron chi connectivity index (χ1n) is 6.65. The molecule has 0 saturated heterocycles. The van der Waals surface area contributed by atoms with Crippen LogP contribution in [-0.4, -0.2) is 9.97 Å². The molecule has 21 heavy (non-hydrogen) atoms. The highest BCUT2D eigenvalue weighted by Gasteiger charge is 2.11. The van der Waals surface area contributed by atoms with E-state index in [0.29, 0.717) is 17.5 Å². The van der Waals surface area contributed by atoms with E-state index in [1.165, 1.54) is 4.90 Å². The average Bonchev–Trinajstić information content (AvgIpc) is 2.43. The second-order valence-corrected chi connectivity index (χ2v) is 7.88. The van der Waals surface area contributed by atoms with Gasteiger partial charge in [-0.1, -0.05) is 29.8 Å². The van der Waals surface area contributed by atoms with Gasteiger partial charge in [0.2, 0.25) is 0 Å². The van der Waals surface area contributed by atoms with Gasteiger partial charge in [0.1, 0.15) is 11.6 Å². The van der Waals surface area contributed by atoms with Gasteiger partial charge in [0.05, 0.1) is 15.9 Å². The maximum Gasteiger partial charge on any atom is 0.141 e. The largest absolute Gasteiger partial charge is 0.383 e. The molecule has 0 aliphatic rings. The fourth-order valence-electron chi connectivity index (χ4n) is 1.83. The number of halogens is 2. The summed E-state index contributed by atoms with van der Waals surface area (Å²) in [6.45, 7) is 4.34. The molecule has 0 radical (unpaired) electrons. The lowest BCUT2D eigenvalue weighted by Crippen LogP contribution is -2.07. The summed E-state index contributed by atoms with van der Waals surface area (Å²) >= 11 is 8.63. The first kappa shape index (κ1) is 16.8. The van der Waals surface area contributed by atoms with E-state index in [1.807, 2.05) is 12.1 Å². The summed E-state index contributed by atoms with van der Waals surface area (Å²) in [5.74, 6) is 2.54. The van der Waals surface area contributed by atoms with Crippen LogP contribution < -0.4 is 5.73 Å². The van der Waals surface area contributed by atoms with Crippen molar-refractivity contribution in [2.24, 2.45) is 5.92 Å². The zero-order valence-electron chi connectivity index (χ0n) is 11.9. The van der Waals surface area contributed by atoms with Crippen molar-refractivity contribution in [3.05, 3.63) is 44.7 Å². The quantitative estimate of drug-likeness (QED) is 0.672. The molecule has 1 aromatic heterocycles. The van der Waals surface area contributed by atoms with E-state index in [0.717, 1.165) is 26.9 Å². The van der Waals surface area contributed by atoms with Crippen molar-refractivity contribution in [3.8, 4) is 0 Å². The Balaban J connectivity index is 2.12. The molecule has 0 aliphatic heterocycles. The molecule has 0 atom stereocenters. The molecule has 2 rings (SSSR count). The molecule has 1 aromatic carbocycles. The number of anilines is 1. The van der Waals surface area contributed by atoms with Crippen LogP contribution in [0.15, 0.2) is 38.1 Å². The van der Waals surface area contributed by atoms with Crippen LogP contribution in [0, 0.1) is 5.92 Å². The number of rotatable bonds is 5. The number of nitrogen functional groups attached to an aromatic ring is 1. The molecule has 0 amide bonds. The van der Waals surface area contributed by atoms with E-state index in [-0.39, 0.29) is 0 Å². The van der Waals surface area contributed by atoms with E-state index in [9.17, 15) is 0 Å². The van der Waals surface area contributed by atoms with Crippen LogP contribution >= 0.6 is 43.6 Å². The third kappa shape index (κ3) is 4.97. The highest BCUT2D eigenvalue weighted by atomic mass is 79.9. The minimum absolute atomic E-state index is 0.520. The lowest BCUT2D eigenvalue weighted by molar-refractivity contribution is 0.630. The highest BCUT2D eigenvalue weighted by Crippen LogP contribution is 2.27. The fraction of sp³-hybridized carbons (Fsp3) is 0.333. The number of hydrogen-bond acceptors (Lipinski definition) is 4. The summed E-state index contributed by atoms with van der Waals surface area (Å²) in [5.41, 5.74) is 6.96. The van der Waals surface area contributed by atoms with Gasteiger partial charge in [-0.3, -0.25) is 0 Å². The van der Waals surface area contributed by atoms with Gasteiger partial charge in [0.25, 0.3) is 0 Å². The zero-order valence-corrected chi connectivity index (χ0v) is 15.9. The monoisotopic (exact) mass is 429 g/mol. The molecule has 0 aliphatic carbocycles. The lowest BCUT2D eigenvalue weighted by atomic mass is 10.1. The number of aromatic nitrogens is 2. The van der Waals surface area contributed by atoms with E-state index in [4.69, 9.17) is 5.73 Å². The Kier molecular flexibility index (Phi) is 6.08. The van der Waals surface area contributed by atoms with Gasteiger partial charge in [-0.15, -0.1) is 11.8 Å². The zero-order chi connectivity index (χ0) is 15.4. The van der Waals surface area contributed by atoms with Gasteiger partial charge in [-0.05, 0) is 52.5 Å². The molecule has 2 N–H and O–H groups in total. The molecular weight excluding hydrogens is 414 g/mol. The molecule has 3 nitrogen and oxygen atoms in total. The Bertz CT molecular complexity index is 615. The van der Waals surface area contributed by atoms with E-state index < -0.39 is 0 Å². The molecule has 0 spiro atoms. The molecule has 2 aromatic rings. The van der Waals surface area contributed by atoms with Crippen LogP contribution in [0.2, 0.25) is 0 Å². The Hall–Kier alpha value is -0.590. The van der Waals surface area contributed by atoms with E-state index in [1.54, 1.807) is 11.8 Å². The van der Waals surface area contributed by atoms with Gasteiger partial charge in [-0.2, -0.15) is 0 Å². The number of nitrogens with two attached hydrogens (primary N) is 1. The number of thioether (sulfide) groups is 1. The summed E-state index contributed by atoms with van der Waals surface area (Å²) in [6, 6.07) is 8.21. The van der Waals surface area contributed by atoms with Crippen molar-refractivity contribution in [2.45, 2.75) is 30.9 Å². The molecule has 1 heterocycles. The first-order chi connectivity index (χ1) is 9.95. The third-order valence-corrected chi connectivity index (χ3v) is 5.18. The summed E-state index contributed by atoms with van der Waals surface area (Å²) in [4.78, 5) is 10.2. The van der Waals surface area contributed by atoms with E-state index >= 15 is 0 Å². The van der Waals surface area contributed by atoms with Crippen molar-refractivity contribution in [1.29, 1.82) is 0 Å². The van der Waals surface area contributed by atoms with Crippen LogP contribution in [0.3, 0.4) is 0 Å². The van der Waals surface area contributed by atoms with Crippen LogP contribution in [0.4, 0.5) is 5.82 Å². The normalized spacial score (nSPS) is 11.1. The maximum absolute atomic E-state index is 5.97. The maximum atomic E-state index is 5.97. The fourth-order valence-corrected chi connectivity index (χ4v) is 3.19. The molecule has 0 saturated carbocycles. The minimum Gasteiger partial charge on any atom is -0.383 e. The topological polar surface area (TPSA) is 51.8 Å². The summed E-state index contributed by atoms with van der Waals surface area (Å²) < 4.78 is 1.91. The van der Waals surface area contributed by atoms with Gasteiger partial charge < -0.3 is 5.73 Å². The predicted molar refractivity (Wildman–Crippen MR) is 96.4 cm³/mol. The van der Waals surface area contributed by atoms with Crippen LogP contribution in [0.5, 0.6) is 0 Å². The second kappa shape index (κ2) is 7.61. The summed E-state index contributed by atoms with van der Waals surface area (Å²) in [7, 11) is 0. The number of nitrogens with zero attached hydrogens (tertiary/aromatic N) is 2. The van der Waals surface area contributed by atoms with E-state index in [2.05, 4.69) is 67.8 Å². The second-order valence-electron chi connectivity index (χ2n) is 5.13. The standard InChI is InChI=1S/C15H17Br2N3S/c1-9(2)7-12-14(17)15(18)20-13(19-12)8-21-11-5-3-10(16)4-6-11/h3-6,9H,7-8H2,1-2H3,(H2,18,19,20). The molecular formula is C15H17Br2N3S. The van der Waals surface area contributed by atoms with Crippen molar-refractivity contribution in [3.63, 3.8) is 0 Å². The molecule has 0 bridgehead atoms. The van der Waals surface area contributed by atoms with Gasteiger partial charge >= 0.3 is 0 Å². The average molecular weight is 431 g/mol. The number of hydrogen-bond donors (Lipinski definition) is 1. The Morgan fingerprint density at radius 3 is 2.43 bits per heavy atom. The molecule has 6 heteroatoms. The molecule has 0 unspecified atom stereocenters. The van der Waals surface area contributed by atoms with Crippen LogP contribution in [-0.2, 0) is 12.2 Å². The van der Waals surface area contributed by atoms with Crippen molar-refractivity contribution in [2.75, 3.05) is 5.73 Å². The minimum atomic E-state index is 0.520. The summed E-state index contributed by atoms with van der Waals surface area (Å²) in [6.07, 6.45) is 0.892. The van der Waals surface area contributed by atoms with Gasteiger partial charge in [0, 0.05) is 9.37 Å². The summed E-state index contributed by atoms with van der Waals surface area (Å²) in [5, 5.41) is 0. The lowest BCUT2D eigenvalue weighted by Gasteiger charge is -2.10. The Morgan fingerprint density at radius 1 is 1.14 bits per heavy atom. The highest BCUT2D eigenvalue weighted by molar-refractivity contribution is 9.10. The van der Waals surface area contributed by atoms with Crippen LogP contribution in [0.1, 0.15) is 25.4 Å². The predicted octanol–water partition coefficient (Wildman–Crippen LogP) is 5.07. The SMILES string of the molecule is CC(C)Cc1nc(CSc2ccc(Br)cc2)nc(N)c1Br. The van der Waals surface area contributed by atoms with Crippen molar-refractivity contribution in [1.82, 2.24) is 9.97 Å². The molecule has 112 valence electrons. The smallest absolute Gasteiger partial charge is 0.141 e. The number of benzene rings is 1. The van der Waals surface area contributed by atoms with Crippen molar-refractivity contribution < 1.29 is 0 Å². The Morgan fingerprint density at radius 2 is 1.81 bits per heavy atom. The van der Waals surface area contributed by atoms with Gasteiger partial charge in [0.15, 0.2) is 0 Å². The Labute approximate surface area is 146 Å². The van der Waals surface area contributed by atoms with Crippen LogP contribution in [0.25, 0.3) is 0 Å². The third-order valence-electron chi connectivity index (χ3n) is 2.77.